The first-order valence-electron chi connectivity index (χ1n) is 5.23. The standard InChI is InChI=1S/C12H15N3O/c1-12(2,3)13-10-8-6-4-5-7-9(8)14-15-11(10)16/h4-7H,1-3H3,(H,13,14)(H,15,16). The molecule has 0 saturated heterocycles. The highest BCUT2D eigenvalue weighted by molar-refractivity contribution is 5.90. The molecule has 0 unspecified atom stereocenters. The molecule has 0 amide bonds. The number of hydrogen-bond donors (Lipinski definition) is 2. The quantitative estimate of drug-likeness (QED) is 0.769. The van der Waals surface area contributed by atoms with E-state index in [1.165, 1.54) is 0 Å². The molecular weight excluding hydrogens is 202 g/mol. The zero-order valence-electron chi connectivity index (χ0n) is 9.66. The Bertz CT molecular complexity index is 566. The van der Waals surface area contributed by atoms with Gasteiger partial charge in [0.15, 0.2) is 0 Å². The van der Waals surface area contributed by atoms with Gasteiger partial charge in [-0.25, -0.2) is 5.10 Å². The molecule has 0 aliphatic rings. The fourth-order valence-electron chi connectivity index (χ4n) is 1.57. The molecule has 1 aromatic heterocycles. The summed E-state index contributed by atoms with van der Waals surface area (Å²) in [7, 11) is 0. The fourth-order valence-corrected chi connectivity index (χ4v) is 1.57. The molecule has 0 aliphatic heterocycles. The smallest absolute Gasteiger partial charge is 0.288 e. The minimum absolute atomic E-state index is 0.156. The number of hydrogen-bond acceptors (Lipinski definition) is 3. The van der Waals surface area contributed by atoms with Gasteiger partial charge in [-0.1, -0.05) is 18.2 Å². The van der Waals surface area contributed by atoms with Gasteiger partial charge in [0.2, 0.25) is 0 Å². The summed E-state index contributed by atoms with van der Waals surface area (Å²) in [6.45, 7) is 6.05. The third kappa shape index (κ3) is 2.05. The Morgan fingerprint density at radius 3 is 2.62 bits per heavy atom. The summed E-state index contributed by atoms with van der Waals surface area (Å²) in [5.41, 5.74) is 1.03. The van der Waals surface area contributed by atoms with Crippen LogP contribution in [0.5, 0.6) is 0 Å². The van der Waals surface area contributed by atoms with Gasteiger partial charge in [0, 0.05) is 10.9 Å². The number of H-pyrrole nitrogens is 1. The Morgan fingerprint density at radius 1 is 1.25 bits per heavy atom. The number of rotatable bonds is 1. The van der Waals surface area contributed by atoms with Crippen LogP contribution in [0.2, 0.25) is 0 Å². The molecule has 84 valence electrons. The van der Waals surface area contributed by atoms with Gasteiger partial charge in [0.25, 0.3) is 5.56 Å². The zero-order chi connectivity index (χ0) is 11.8. The van der Waals surface area contributed by atoms with E-state index in [2.05, 4.69) is 15.5 Å². The number of nitrogens with one attached hydrogen (secondary N) is 2. The second kappa shape index (κ2) is 3.63. The van der Waals surface area contributed by atoms with Crippen LogP contribution < -0.4 is 10.9 Å². The normalized spacial score (nSPS) is 11.7. The average molecular weight is 217 g/mol. The molecule has 4 heteroatoms. The third-order valence-corrected chi connectivity index (χ3v) is 2.18. The molecule has 0 bridgehead atoms. The minimum Gasteiger partial charge on any atom is -0.375 e. The van der Waals surface area contributed by atoms with Crippen molar-refractivity contribution < 1.29 is 0 Å². The number of benzene rings is 1. The van der Waals surface area contributed by atoms with Crippen LogP contribution in [0.1, 0.15) is 20.8 Å². The maximum Gasteiger partial charge on any atom is 0.288 e. The van der Waals surface area contributed by atoms with Crippen molar-refractivity contribution in [3.8, 4) is 0 Å². The Kier molecular flexibility index (Phi) is 2.42. The summed E-state index contributed by atoms with van der Waals surface area (Å²) in [4.78, 5) is 11.7. The summed E-state index contributed by atoms with van der Waals surface area (Å²) >= 11 is 0. The lowest BCUT2D eigenvalue weighted by Gasteiger charge is -2.22. The summed E-state index contributed by atoms with van der Waals surface area (Å²) in [6, 6.07) is 7.57. The Hall–Kier alpha value is -1.84. The highest BCUT2D eigenvalue weighted by atomic mass is 16.1. The molecule has 0 spiro atoms. The van der Waals surface area contributed by atoms with E-state index >= 15 is 0 Å². The Morgan fingerprint density at radius 2 is 1.94 bits per heavy atom. The molecule has 0 atom stereocenters. The molecule has 2 N–H and O–H groups in total. The van der Waals surface area contributed by atoms with Crippen molar-refractivity contribution in [2.75, 3.05) is 5.32 Å². The number of anilines is 1. The molecule has 0 fully saturated rings. The number of aromatic nitrogens is 2. The second-order valence-electron chi connectivity index (χ2n) is 4.82. The second-order valence-corrected chi connectivity index (χ2v) is 4.82. The van der Waals surface area contributed by atoms with Gasteiger partial charge in [0.05, 0.1) is 5.52 Å². The molecular formula is C12H15N3O. The molecule has 2 rings (SSSR count). The van der Waals surface area contributed by atoms with Crippen LogP contribution in [0.15, 0.2) is 29.1 Å². The molecule has 2 aromatic rings. The van der Waals surface area contributed by atoms with Crippen LogP contribution in [0, 0.1) is 0 Å². The van der Waals surface area contributed by atoms with E-state index in [4.69, 9.17) is 0 Å². The van der Waals surface area contributed by atoms with Crippen molar-refractivity contribution in [1.82, 2.24) is 10.2 Å². The first kappa shape index (κ1) is 10.7. The zero-order valence-corrected chi connectivity index (χ0v) is 9.66. The first-order chi connectivity index (χ1) is 7.47. The van der Waals surface area contributed by atoms with Crippen LogP contribution in [0.4, 0.5) is 5.69 Å². The van der Waals surface area contributed by atoms with Crippen LogP contribution in [-0.2, 0) is 0 Å². The largest absolute Gasteiger partial charge is 0.375 e. The predicted octanol–water partition coefficient (Wildman–Crippen LogP) is 2.13. The van der Waals surface area contributed by atoms with Gasteiger partial charge in [0.1, 0.15) is 5.69 Å². The van der Waals surface area contributed by atoms with Gasteiger partial charge in [-0.15, -0.1) is 0 Å². The lowest BCUT2D eigenvalue weighted by molar-refractivity contribution is 0.633. The van der Waals surface area contributed by atoms with E-state index in [9.17, 15) is 4.79 Å². The topological polar surface area (TPSA) is 57.8 Å². The number of fused-ring (bicyclic) bond motifs is 1. The van der Waals surface area contributed by atoms with E-state index in [1.807, 2.05) is 45.0 Å². The van der Waals surface area contributed by atoms with Gasteiger partial charge in [-0.05, 0) is 26.8 Å². The van der Waals surface area contributed by atoms with Crippen molar-refractivity contribution in [2.24, 2.45) is 0 Å². The minimum atomic E-state index is -0.186. The van der Waals surface area contributed by atoms with Crippen molar-refractivity contribution >= 4 is 16.6 Å². The van der Waals surface area contributed by atoms with Crippen molar-refractivity contribution in [3.63, 3.8) is 0 Å². The number of nitrogens with zero attached hydrogens (tertiary/aromatic N) is 1. The molecule has 0 aliphatic carbocycles. The van der Waals surface area contributed by atoms with Crippen molar-refractivity contribution in [2.45, 2.75) is 26.3 Å². The van der Waals surface area contributed by atoms with Crippen LogP contribution in [0.3, 0.4) is 0 Å². The van der Waals surface area contributed by atoms with E-state index in [-0.39, 0.29) is 11.1 Å². The average Bonchev–Trinajstić information content (AvgIpc) is 2.21. The predicted molar refractivity (Wildman–Crippen MR) is 65.7 cm³/mol. The van der Waals surface area contributed by atoms with Crippen LogP contribution in [-0.4, -0.2) is 15.7 Å². The highest BCUT2D eigenvalue weighted by Crippen LogP contribution is 2.19. The van der Waals surface area contributed by atoms with Crippen molar-refractivity contribution in [1.29, 1.82) is 0 Å². The summed E-state index contributed by atoms with van der Waals surface area (Å²) < 4.78 is 0. The lowest BCUT2D eigenvalue weighted by Crippen LogP contribution is -2.30. The van der Waals surface area contributed by atoms with E-state index in [0.717, 1.165) is 10.9 Å². The molecule has 0 radical (unpaired) electrons. The summed E-state index contributed by atoms with van der Waals surface area (Å²) in [6.07, 6.45) is 0. The molecule has 4 nitrogen and oxygen atoms in total. The van der Waals surface area contributed by atoms with E-state index in [1.54, 1.807) is 0 Å². The van der Waals surface area contributed by atoms with Crippen LogP contribution >= 0.6 is 0 Å². The molecule has 1 aromatic carbocycles. The molecule has 0 saturated carbocycles. The van der Waals surface area contributed by atoms with Gasteiger partial charge in [-0.2, -0.15) is 5.10 Å². The Balaban J connectivity index is 2.66. The van der Waals surface area contributed by atoms with E-state index < -0.39 is 0 Å². The number of aromatic amines is 1. The fraction of sp³-hybridized carbons (Fsp3) is 0.333. The van der Waals surface area contributed by atoms with Gasteiger partial charge in [-0.3, -0.25) is 4.79 Å². The lowest BCUT2D eigenvalue weighted by atomic mass is 10.1. The van der Waals surface area contributed by atoms with Crippen molar-refractivity contribution in [3.05, 3.63) is 34.6 Å². The van der Waals surface area contributed by atoms with E-state index in [0.29, 0.717) is 5.69 Å². The maximum absolute atomic E-state index is 11.7. The monoisotopic (exact) mass is 217 g/mol. The molecule has 16 heavy (non-hydrogen) atoms. The first-order valence-corrected chi connectivity index (χ1v) is 5.23. The third-order valence-electron chi connectivity index (χ3n) is 2.18. The van der Waals surface area contributed by atoms with Gasteiger partial charge >= 0.3 is 0 Å². The maximum atomic E-state index is 11.7. The summed E-state index contributed by atoms with van der Waals surface area (Å²) in [5.74, 6) is 0. The molecule has 1 heterocycles. The summed E-state index contributed by atoms with van der Waals surface area (Å²) in [5, 5.41) is 10.5. The Labute approximate surface area is 93.7 Å². The van der Waals surface area contributed by atoms with Gasteiger partial charge < -0.3 is 5.32 Å². The van der Waals surface area contributed by atoms with Crippen LogP contribution in [0.25, 0.3) is 10.9 Å². The highest BCUT2D eigenvalue weighted by Gasteiger charge is 2.14. The SMILES string of the molecule is CC(C)(C)Nc1c(=O)[nH]nc2ccccc12. The number of para-hydroxylation sites is 1.